The summed E-state index contributed by atoms with van der Waals surface area (Å²) in [4.78, 5) is 35.6. The van der Waals surface area contributed by atoms with E-state index in [0.29, 0.717) is 43.4 Å². The Morgan fingerprint density at radius 1 is 1.15 bits per heavy atom. The molecule has 0 saturated carbocycles. The van der Waals surface area contributed by atoms with Crippen molar-refractivity contribution in [2.75, 3.05) is 36.4 Å². The third kappa shape index (κ3) is 4.72. The summed E-state index contributed by atoms with van der Waals surface area (Å²) in [6.45, 7) is 6.55. The fourth-order valence-electron chi connectivity index (χ4n) is 2.77. The second-order valence-electron chi connectivity index (χ2n) is 6.51. The molecule has 2 amide bonds. The molecule has 1 aliphatic rings. The van der Waals surface area contributed by atoms with Crippen molar-refractivity contribution in [2.45, 2.75) is 20.0 Å². The van der Waals surface area contributed by atoms with Crippen LogP contribution in [0.1, 0.15) is 24.3 Å². The predicted octanol–water partition coefficient (Wildman–Crippen LogP) is 1.79. The van der Waals surface area contributed by atoms with Crippen molar-refractivity contribution in [1.29, 1.82) is 0 Å². The van der Waals surface area contributed by atoms with E-state index in [4.69, 9.17) is 4.74 Å². The number of aromatic nitrogens is 2. The number of amides is 2. The largest absolute Gasteiger partial charge is 0.489 e. The minimum Gasteiger partial charge on any atom is -0.489 e. The second-order valence-corrected chi connectivity index (χ2v) is 6.51. The first kappa shape index (κ1) is 18.6. The first-order valence-electron chi connectivity index (χ1n) is 8.90. The van der Waals surface area contributed by atoms with Crippen molar-refractivity contribution < 1.29 is 14.3 Å². The van der Waals surface area contributed by atoms with Crippen LogP contribution in [0.4, 0.5) is 11.5 Å². The van der Waals surface area contributed by atoms with E-state index in [2.05, 4.69) is 15.3 Å². The van der Waals surface area contributed by atoms with Gasteiger partial charge in [-0.05, 0) is 26.0 Å². The minimum atomic E-state index is -0.348. The highest BCUT2D eigenvalue weighted by Crippen LogP contribution is 2.25. The molecular formula is C19H23N5O3. The first-order valence-corrected chi connectivity index (χ1v) is 8.90. The molecule has 2 heterocycles. The summed E-state index contributed by atoms with van der Waals surface area (Å²) in [6, 6.07) is 7.27. The van der Waals surface area contributed by atoms with Crippen LogP contribution in [0.15, 0.2) is 36.7 Å². The van der Waals surface area contributed by atoms with E-state index in [1.807, 2.05) is 36.9 Å². The molecule has 1 N–H and O–H groups in total. The maximum Gasteiger partial charge on any atom is 0.275 e. The summed E-state index contributed by atoms with van der Waals surface area (Å²) in [5.41, 5.74) is 0.816. The summed E-state index contributed by atoms with van der Waals surface area (Å²) in [6.07, 6.45) is 3.91. The molecule has 0 spiro atoms. The van der Waals surface area contributed by atoms with Gasteiger partial charge in [0.15, 0.2) is 0 Å². The topological polar surface area (TPSA) is 87.7 Å². The van der Waals surface area contributed by atoms with Gasteiger partial charge in [-0.15, -0.1) is 0 Å². The maximum atomic E-state index is 12.5. The van der Waals surface area contributed by atoms with Crippen LogP contribution in [-0.2, 0) is 4.79 Å². The number of nitrogens with zero attached hydrogens (tertiary/aromatic N) is 4. The highest BCUT2D eigenvalue weighted by Gasteiger charge is 2.18. The van der Waals surface area contributed by atoms with E-state index in [1.165, 1.54) is 6.20 Å². The molecule has 8 heteroatoms. The molecule has 1 aliphatic heterocycles. The highest BCUT2D eigenvalue weighted by molar-refractivity contribution is 6.03. The molecule has 27 heavy (non-hydrogen) atoms. The van der Waals surface area contributed by atoms with Crippen molar-refractivity contribution in [1.82, 2.24) is 14.9 Å². The van der Waals surface area contributed by atoms with Crippen LogP contribution < -0.4 is 15.0 Å². The van der Waals surface area contributed by atoms with E-state index in [-0.39, 0.29) is 17.7 Å². The standard InChI is InChI=1S/C19H23N5O3/c1-14(2)27-17-6-4-3-5-15(17)22-19(26)16-11-21-18(12-20-16)24-9-7-23(13-25)8-10-24/h3-6,11-14H,7-10H2,1-2H3,(H,22,26). The Labute approximate surface area is 158 Å². The van der Waals surface area contributed by atoms with E-state index in [9.17, 15) is 9.59 Å². The Morgan fingerprint density at radius 2 is 1.89 bits per heavy atom. The molecule has 3 rings (SSSR count). The number of benzene rings is 1. The van der Waals surface area contributed by atoms with Gasteiger partial charge >= 0.3 is 0 Å². The maximum absolute atomic E-state index is 12.5. The zero-order chi connectivity index (χ0) is 19.2. The summed E-state index contributed by atoms with van der Waals surface area (Å²) >= 11 is 0. The van der Waals surface area contributed by atoms with Gasteiger partial charge < -0.3 is 19.9 Å². The third-order valence-electron chi connectivity index (χ3n) is 4.16. The van der Waals surface area contributed by atoms with Gasteiger partial charge in [0.25, 0.3) is 5.91 Å². The van der Waals surface area contributed by atoms with E-state index >= 15 is 0 Å². The quantitative estimate of drug-likeness (QED) is 0.781. The average Bonchev–Trinajstić information content (AvgIpc) is 2.69. The van der Waals surface area contributed by atoms with Crippen molar-refractivity contribution in [3.8, 4) is 5.75 Å². The summed E-state index contributed by atoms with van der Waals surface area (Å²) < 4.78 is 5.71. The first-order chi connectivity index (χ1) is 13.1. The van der Waals surface area contributed by atoms with Gasteiger partial charge in [0.2, 0.25) is 6.41 Å². The van der Waals surface area contributed by atoms with Gasteiger partial charge in [-0.3, -0.25) is 9.59 Å². The number of hydrogen-bond acceptors (Lipinski definition) is 6. The third-order valence-corrected chi connectivity index (χ3v) is 4.16. The van der Waals surface area contributed by atoms with Gasteiger partial charge in [-0.25, -0.2) is 9.97 Å². The van der Waals surface area contributed by atoms with Crippen LogP contribution in [0.25, 0.3) is 0 Å². The molecule has 1 saturated heterocycles. The number of rotatable bonds is 6. The SMILES string of the molecule is CC(C)Oc1ccccc1NC(=O)c1cnc(N2CCN(C=O)CC2)cn1. The lowest BCUT2D eigenvalue weighted by Crippen LogP contribution is -2.46. The molecule has 0 bridgehead atoms. The molecular weight excluding hydrogens is 346 g/mol. The second kappa shape index (κ2) is 8.48. The Balaban J connectivity index is 1.65. The lowest BCUT2D eigenvalue weighted by molar-refractivity contribution is -0.118. The van der Waals surface area contributed by atoms with Crippen LogP contribution in [0.2, 0.25) is 0 Å². The predicted molar refractivity (Wildman–Crippen MR) is 102 cm³/mol. The van der Waals surface area contributed by atoms with E-state index < -0.39 is 0 Å². The molecule has 1 fully saturated rings. The summed E-state index contributed by atoms with van der Waals surface area (Å²) in [5.74, 6) is 0.957. The van der Waals surface area contributed by atoms with Crippen molar-refractivity contribution in [2.24, 2.45) is 0 Å². The number of hydrogen-bond donors (Lipinski definition) is 1. The molecule has 1 aromatic heterocycles. The number of anilines is 2. The molecule has 1 aromatic carbocycles. The number of ether oxygens (including phenoxy) is 1. The van der Waals surface area contributed by atoms with Gasteiger partial charge in [0.05, 0.1) is 24.2 Å². The van der Waals surface area contributed by atoms with Crippen molar-refractivity contribution in [3.63, 3.8) is 0 Å². The fraction of sp³-hybridized carbons (Fsp3) is 0.368. The van der Waals surface area contributed by atoms with Crippen LogP contribution in [-0.4, -0.2) is 59.5 Å². The Morgan fingerprint density at radius 3 is 2.52 bits per heavy atom. The van der Waals surface area contributed by atoms with Crippen molar-refractivity contribution >= 4 is 23.8 Å². The molecule has 8 nitrogen and oxygen atoms in total. The monoisotopic (exact) mass is 369 g/mol. The molecule has 0 unspecified atom stereocenters. The zero-order valence-corrected chi connectivity index (χ0v) is 15.5. The Kier molecular flexibility index (Phi) is 5.85. The Bertz CT molecular complexity index is 786. The van der Waals surface area contributed by atoms with Crippen molar-refractivity contribution in [3.05, 3.63) is 42.4 Å². The molecule has 0 aliphatic carbocycles. The fourth-order valence-corrected chi connectivity index (χ4v) is 2.77. The Hall–Kier alpha value is -3.16. The van der Waals surface area contributed by atoms with E-state index in [1.54, 1.807) is 17.2 Å². The molecule has 0 atom stereocenters. The summed E-state index contributed by atoms with van der Waals surface area (Å²) in [5, 5.41) is 2.82. The lowest BCUT2D eigenvalue weighted by Gasteiger charge is -2.33. The number of nitrogens with one attached hydrogen (secondary N) is 1. The minimum absolute atomic E-state index is 0.00167. The molecule has 2 aromatic rings. The summed E-state index contributed by atoms with van der Waals surface area (Å²) in [7, 11) is 0. The van der Waals surface area contributed by atoms with Crippen LogP contribution in [0, 0.1) is 0 Å². The van der Waals surface area contributed by atoms with Crippen LogP contribution >= 0.6 is 0 Å². The molecule has 142 valence electrons. The van der Waals surface area contributed by atoms with Gasteiger partial charge in [0, 0.05) is 26.2 Å². The van der Waals surface area contributed by atoms with Crippen LogP contribution in [0.5, 0.6) is 5.75 Å². The van der Waals surface area contributed by atoms with Gasteiger partial charge in [0.1, 0.15) is 17.3 Å². The average molecular weight is 369 g/mol. The van der Waals surface area contributed by atoms with Gasteiger partial charge in [-0.2, -0.15) is 0 Å². The number of carbonyl (C=O) groups excluding carboxylic acids is 2. The zero-order valence-electron chi connectivity index (χ0n) is 15.5. The number of carbonyl (C=O) groups is 2. The number of piperazine rings is 1. The number of para-hydroxylation sites is 2. The normalized spacial score (nSPS) is 14.2. The van der Waals surface area contributed by atoms with Gasteiger partial charge in [-0.1, -0.05) is 12.1 Å². The van der Waals surface area contributed by atoms with E-state index in [0.717, 1.165) is 6.41 Å². The van der Waals surface area contributed by atoms with Crippen LogP contribution in [0.3, 0.4) is 0 Å². The molecule has 0 radical (unpaired) electrons. The smallest absolute Gasteiger partial charge is 0.275 e. The highest BCUT2D eigenvalue weighted by atomic mass is 16.5. The lowest BCUT2D eigenvalue weighted by atomic mass is 10.2.